The number of aliphatic hydroxyl groups excluding tert-OH is 1. The van der Waals surface area contributed by atoms with Gasteiger partial charge in [-0.05, 0) is 47.0 Å². The van der Waals surface area contributed by atoms with Crippen LogP contribution in [0.15, 0.2) is 72.3 Å². The van der Waals surface area contributed by atoms with Crippen molar-refractivity contribution in [3.8, 4) is 0 Å². The number of rotatable bonds is 6. The summed E-state index contributed by atoms with van der Waals surface area (Å²) < 4.78 is 5.13. The van der Waals surface area contributed by atoms with E-state index in [9.17, 15) is 14.7 Å². The van der Waals surface area contributed by atoms with Crippen molar-refractivity contribution in [3.05, 3.63) is 88.5 Å². The van der Waals surface area contributed by atoms with Crippen molar-refractivity contribution in [2.45, 2.75) is 12.5 Å². The minimum absolute atomic E-state index is 0.0843. The van der Waals surface area contributed by atoms with Gasteiger partial charge in [-0.1, -0.05) is 54.1 Å². The Morgan fingerprint density at radius 2 is 1.74 bits per heavy atom. The van der Waals surface area contributed by atoms with Crippen LogP contribution in [-0.4, -0.2) is 42.0 Å². The summed E-state index contributed by atoms with van der Waals surface area (Å²) in [5.74, 6) is -1.52. The third kappa shape index (κ3) is 3.94. The van der Waals surface area contributed by atoms with E-state index in [1.54, 1.807) is 31.4 Å². The number of methoxy groups -OCH3 is 1. The Balaban J connectivity index is 1.91. The number of nitrogens with zero attached hydrogens (tertiary/aromatic N) is 1. The van der Waals surface area contributed by atoms with E-state index in [0.717, 1.165) is 16.3 Å². The van der Waals surface area contributed by atoms with E-state index >= 15 is 0 Å². The molecule has 3 aromatic rings. The average molecular weight is 436 g/mol. The molecule has 31 heavy (non-hydrogen) atoms. The molecule has 1 atom stereocenters. The van der Waals surface area contributed by atoms with E-state index in [1.165, 1.54) is 4.90 Å². The van der Waals surface area contributed by atoms with Gasteiger partial charge >= 0.3 is 0 Å². The quantitative estimate of drug-likeness (QED) is 0.257. The molecule has 3 aromatic carbocycles. The normalized spacial score (nSPS) is 18.1. The summed E-state index contributed by atoms with van der Waals surface area (Å²) in [5.41, 5.74) is 1.32. The molecule has 1 heterocycles. The summed E-state index contributed by atoms with van der Waals surface area (Å²) >= 11 is 5.97. The van der Waals surface area contributed by atoms with E-state index in [2.05, 4.69) is 0 Å². The summed E-state index contributed by atoms with van der Waals surface area (Å²) in [5, 5.41) is 13.5. The number of ketones is 1. The maximum Gasteiger partial charge on any atom is 0.295 e. The molecule has 158 valence electrons. The van der Waals surface area contributed by atoms with Gasteiger partial charge in [0.2, 0.25) is 0 Å². The minimum atomic E-state index is -0.696. The predicted molar refractivity (Wildman–Crippen MR) is 121 cm³/mol. The molecular formula is C25H22ClNO4. The van der Waals surface area contributed by atoms with Crippen molar-refractivity contribution in [3.63, 3.8) is 0 Å². The van der Waals surface area contributed by atoms with Crippen LogP contribution in [0, 0.1) is 0 Å². The maximum absolute atomic E-state index is 13.1. The number of carbonyl (C=O) groups excluding carboxylic acids is 2. The highest BCUT2D eigenvalue weighted by molar-refractivity contribution is 6.46. The van der Waals surface area contributed by atoms with Crippen LogP contribution < -0.4 is 0 Å². The van der Waals surface area contributed by atoms with Gasteiger partial charge in [0, 0.05) is 30.8 Å². The number of hydrogen-bond acceptors (Lipinski definition) is 4. The molecule has 4 rings (SSSR count). The van der Waals surface area contributed by atoms with Gasteiger partial charge in [-0.3, -0.25) is 9.59 Å². The van der Waals surface area contributed by atoms with Crippen LogP contribution in [0.4, 0.5) is 0 Å². The largest absolute Gasteiger partial charge is 0.507 e. The molecule has 1 amide bonds. The first-order chi connectivity index (χ1) is 15.0. The Bertz CT molecular complexity index is 1160. The van der Waals surface area contributed by atoms with Crippen LogP contribution in [0.5, 0.6) is 0 Å². The van der Waals surface area contributed by atoms with Gasteiger partial charge in [0.25, 0.3) is 11.7 Å². The van der Waals surface area contributed by atoms with Crippen LogP contribution in [0.3, 0.4) is 0 Å². The summed E-state index contributed by atoms with van der Waals surface area (Å²) in [7, 11) is 1.59. The molecule has 1 saturated heterocycles. The van der Waals surface area contributed by atoms with Gasteiger partial charge in [-0.2, -0.15) is 0 Å². The highest BCUT2D eigenvalue weighted by Crippen LogP contribution is 2.41. The van der Waals surface area contributed by atoms with Crippen LogP contribution in [0.1, 0.15) is 23.6 Å². The molecule has 5 nitrogen and oxygen atoms in total. The Hall–Kier alpha value is -3.15. The lowest BCUT2D eigenvalue weighted by Gasteiger charge is -2.26. The van der Waals surface area contributed by atoms with Crippen LogP contribution in [0.2, 0.25) is 5.02 Å². The van der Waals surface area contributed by atoms with Gasteiger partial charge in [0.15, 0.2) is 0 Å². The van der Waals surface area contributed by atoms with Crippen LogP contribution in [0.25, 0.3) is 16.5 Å². The third-order valence-electron chi connectivity index (χ3n) is 5.52. The number of carbonyl (C=O) groups is 2. The number of hydrogen-bond donors (Lipinski definition) is 1. The first-order valence-corrected chi connectivity index (χ1v) is 10.4. The predicted octanol–water partition coefficient (Wildman–Crippen LogP) is 4.95. The van der Waals surface area contributed by atoms with Gasteiger partial charge in [0.1, 0.15) is 5.76 Å². The highest BCUT2D eigenvalue weighted by atomic mass is 35.5. The number of fused-ring (bicyclic) bond motifs is 1. The molecule has 6 heteroatoms. The van der Waals surface area contributed by atoms with Crippen molar-refractivity contribution in [2.75, 3.05) is 20.3 Å². The fourth-order valence-corrected chi connectivity index (χ4v) is 4.19. The van der Waals surface area contributed by atoms with Gasteiger partial charge in [-0.15, -0.1) is 0 Å². The van der Waals surface area contributed by atoms with E-state index in [-0.39, 0.29) is 11.3 Å². The van der Waals surface area contributed by atoms with Crippen molar-refractivity contribution in [2.24, 2.45) is 0 Å². The van der Waals surface area contributed by atoms with Crippen molar-refractivity contribution < 1.29 is 19.4 Å². The van der Waals surface area contributed by atoms with E-state index < -0.39 is 17.7 Å². The Kier molecular flexibility index (Phi) is 6.07. The second kappa shape index (κ2) is 8.92. The fraction of sp³-hybridized carbons (Fsp3) is 0.200. The van der Waals surface area contributed by atoms with Crippen molar-refractivity contribution >= 4 is 39.8 Å². The summed E-state index contributed by atoms with van der Waals surface area (Å²) in [6.45, 7) is 0.798. The minimum Gasteiger partial charge on any atom is -0.507 e. The molecule has 1 aliphatic heterocycles. The van der Waals surface area contributed by atoms with E-state index in [4.69, 9.17) is 16.3 Å². The second-order valence-electron chi connectivity index (χ2n) is 7.41. The molecule has 0 radical (unpaired) electrons. The summed E-state index contributed by atoms with van der Waals surface area (Å²) in [6.07, 6.45) is 0.575. The molecule has 0 saturated carbocycles. The van der Waals surface area contributed by atoms with Gasteiger partial charge in [0.05, 0.1) is 11.6 Å². The molecule has 0 spiro atoms. The monoisotopic (exact) mass is 435 g/mol. The molecule has 0 unspecified atom stereocenters. The number of Topliss-reactive ketones (excluding diaryl/α,β-unsaturated/α-hetero) is 1. The first kappa shape index (κ1) is 21.1. The van der Waals surface area contributed by atoms with Crippen molar-refractivity contribution in [1.82, 2.24) is 4.90 Å². The smallest absolute Gasteiger partial charge is 0.295 e. The van der Waals surface area contributed by atoms with Gasteiger partial charge in [-0.25, -0.2) is 0 Å². The summed E-state index contributed by atoms with van der Waals surface area (Å²) in [4.78, 5) is 27.6. The maximum atomic E-state index is 13.1. The standard InChI is InChI=1S/C25H22ClNO4/c1-31-15-5-14-27-22(20-9-4-7-16-6-2-3-8-19(16)20)21(24(29)25(27)30)23(28)17-10-12-18(26)13-11-17/h2-4,6-13,22,28H,5,14-15H2,1H3/t22-/m1/s1. The third-order valence-corrected chi connectivity index (χ3v) is 5.78. The molecule has 1 fully saturated rings. The van der Waals surface area contributed by atoms with Crippen LogP contribution >= 0.6 is 11.6 Å². The zero-order chi connectivity index (χ0) is 22.0. The zero-order valence-corrected chi connectivity index (χ0v) is 17.8. The van der Waals surface area contributed by atoms with E-state index in [1.807, 2.05) is 42.5 Å². The second-order valence-corrected chi connectivity index (χ2v) is 7.85. The topological polar surface area (TPSA) is 66.8 Å². The Labute approximate surface area is 185 Å². The van der Waals surface area contributed by atoms with Crippen molar-refractivity contribution in [1.29, 1.82) is 0 Å². The molecule has 0 bridgehead atoms. The first-order valence-electron chi connectivity index (χ1n) is 10.0. The number of ether oxygens (including phenoxy) is 1. The fourth-order valence-electron chi connectivity index (χ4n) is 4.07. The average Bonchev–Trinajstić information content (AvgIpc) is 3.04. The SMILES string of the molecule is COCCCN1C(=O)C(=O)C(=C(O)c2ccc(Cl)cc2)[C@H]1c1cccc2ccccc12. The van der Waals surface area contributed by atoms with E-state index in [0.29, 0.717) is 30.2 Å². The Morgan fingerprint density at radius 1 is 1.03 bits per heavy atom. The number of halogens is 1. The lowest BCUT2D eigenvalue weighted by atomic mass is 9.91. The highest BCUT2D eigenvalue weighted by Gasteiger charge is 2.46. The molecular weight excluding hydrogens is 414 g/mol. The number of aliphatic hydroxyl groups is 1. The zero-order valence-electron chi connectivity index (χ0n) is 17.0. The van der Waals surface area contributed by atoms with Crippen LogP contribution in [-0.2, 0) is 14.3 Å². The molecule has 1 N–H and O–H groups in total. The molecule has 0 aliphatic carbocycles. The van der Waals surface area contributed by atoms with Gasteiger partial charge < -0.3 is 14.7 Å². The molecule has 0 aromatic heterocycles. The Morgan fingerprint density at radius 3 is 2.48 bits per heavy atom. The lowest BCUT2D eigenvalue weighted by molar-refractivity contribution is -0.140. The molecule has 1 aliphatic rings. The summed E-state index contributed by atoms with van der Waals surface area (Å²) in [6, 6.07) is 19.4. The lowest BCUT2D eigenvalue weighted by Crippen LogP contribution is -2.31. The number of likely N-dealkylation sites (tertiary alicyclic amines) is 1. The number of amides is 1. The number of benzene rings is 3.